The summed E-state index contributed by atoms with van der Waals surface area (Å²) in [6, 6.07) is 12.1. The Morgan fingerprint density at radius 1 is 1.12 bits per heavy atom. The number of nitro benzene ring substituents is 1. The molecule has 2 aromatic carbocycles. The molecule has 0 N–H and O–H groups in total. The molecule has 120 valence electrons. The van der Waals surface area contributed by atoms with Gasteiger partial charge in [-0.25, -0.2) is 4.79 Å². The second-order valence-electron chi connectivity index (χ2n) is 5.63. The minimum atomic E-state index is -0.511. The van der Waals surface area contributed by atoms with Crippen LogP contribution in [0.1, 0.15) is 22.3 Å². The average Bonchev–Trinajstić information content (AvgIpc) is 2.88. The maximum absolute atomic E-state index is 12.1. The lowest BCUT2D eigenvalue weighted by Crippen LogP contribution is -1.99. The molecule has 5 heteroatoms. The van der Waals surface area contributed by atoms with Gasteiger partial charge in [-0.2, -0.15) is 0 Å². The Kier molecular flexibility index (Phi) is 4.00. The predicted molar refractivity (Wildman–Crippen MR) is 91.1 cm³/mol. The summed E-state index contributed by atoms with van der Waals surface area (Å²) in [4.78, 5) is 22.7. The molecular weight excluding hydrogens is 306 g/mol. The van der Waals surface area contributed by atoms with Gasteiger partial charge in [0.15, 0.2) is 0 Å². The lowest BCUT2D eigenvalue weighted by molar-refractivity contribution is -0.385. The van der Waals surface area contributed by atoms with Crippen LogP contribution >= 0.6 is 0 Å². The van der Waals surface area contributed by atoms with Gasteiger partial charge in [0, 0.05) is 11.6 Å². The molecule has 0 saturated carbocycles. The van der Waals surface area contributed by atoms with Crippen LogP contribution in [0.2, 0.25) is 0 Å². The number of ether oxygens (including phenoxy) is 1. The summed E-state index contributed by atoms with van der Waals surface area (Å²) in [6.07, 6.45) is 3.10. The van der Waals surface area contributed by atoms with E-state index in [9.17, 15) is 14.9 Å². The van der Waals surface area contributed by atoms with Crippen molar-refractivity contribution < 1.29 is 14.5 Å². The number of rotatable bonds is 3. The van der Waals surface area contributed by atoms with E-state index in [0.29, 0.717) is 16.9 Å². The van der Waals surface area contributed by atoms with Crippen molar-refractivity contribution >= 4 is 23.5 Å². The van der Waals surface area contributed by atoms with E-state index in [2.05, 4.69) is 0 Å². The van der Waals surface area contributed by atoms with E-state index in [4.69, 9.17) is 4.74 Å². The third-order valence-corrected chi connectivity index (χ3v) is 3.82. The Labute approximate surface area is 139 Å². The normalized spacial score (nSPS) is 15.3. The number of aryl methyl sites for hydroxylation is 2. The quantitative estimate of drug-likeness (QED) is 0.368. The van der Waals surface area contributed by atoms with Crippen molar-refractivity contribution in [1.82, 2.24) is 0 Å². The highest BCUT2D eigenvalue weighted by Gasteiger charge is 2.24. The number of nitro groups is 1. The molecule has 3 rings (SSSR count). The number of carbonyl (C=O) groups is 1. The zero-order valence-corrected chi connectivity index (χ0v) is 13.3. The average molecular weight is 321 g/mol. The minimum absolute atomic E-state index is 0.0498. The predicted octanol–water partition coefficient (Wildman–Crippen LogP) is 4.19. The van der Waals surface area contributed by atoms with E-state index in [0.717, 1.165) is 16.7 Å². The van der Waals surface area contributed by atoms with Crippen molar-refractivity contribution in [3.05, 3.63) is 86.5 Å². The highest BCUT2D eigenvalue weighted by molar-refractivity contribution is 6.05. The Morgan fingerprint density at radius 2 is 1.88 bits per heavy atom. The molecule has 0 saturated heterocycles. The second kappa shape index (κ2) is 6.12. The van der Waals surface area contributed by atoms with E-state index in [1.54, 1.807) is 24.3 Å². The van der Waals surface area contributed by atoms with Gasteiger partial charge in [-0.3, -0.25) is 10.1 Å². The number of nitrogens with zero attached hydrogens (tertiary/aromatic N) is 1. The molecular formula is C19H15NO4. The number of benzene rings is 2. The van der Waals surface area contributed by atoms with Crippen LogP contribution in [0.25, 0.3) is 11.8 Å². The van der Waals surface area contributed by atoms with Gasteiger partial charge in [-0.05, 0) is 37.6 Å². The first-order valence-electron chi connectivity index (χ1n) is 7.42. The van der Waals surface area contributed by atoms with Crippen LogP contribution in [-0.2, 0) is 9.53 Å². The Hall–Kier alpha value is -3.21. The molecule has 5 nitrogen and oxygen atoms in total. The van der Waals surface area contributed by atoms with Crippen LogP contribution in [-0.4, -0.2) is 10.9 Å². The van der Waals surface area contributed by atoms with Crippen molar-refractivity contribution in [3.63, 3.8) is 0 Å². The molecule has 24 heavy (non-hydrogen) atoms. The molecule has 0 amide bonds. The van der Waals surface area contributed by atoms with Crippen molar-refractivity contribution in [1.29, 1.82) is 0 Å². The molecule has 0 atom stereocenters. The van der Waals surface area contributed by atoms with E-state index in [1.807, 2.05) is 32.0 Å². The topological polar surface area (TPSA) is 69.4 Å². The zero-order valence-electron chi connectivity index (χ0n) is 13.3. The van der Waals surface area contributed by atoms with E-state index < -0.39 is 10.9 Å². The summed E-state index contributed by atoms with van der Waals surface area (Å²) in [5.41, 5.74) is 3.57. The van der Waals surface area contributed by atoms with Gasteiger partial charge in [0.05, 0.1) is 16.1 Å². The lowest BCUT2D eigenvalue weighted by Gasteiger charge is -2.06. The maximum Gasteiger partial charge on any atom is 0.343 e. The summed E-state index contributed by atoms with van der Waals surface area (Å²) in [5.74, 6) is -0.0505. The van der Waals surface area contributed by atoms with Gasteiger partial charge in [0.25, 0.3) is 5.69 Å². The Bertz CT molecular complexity index is 909. The molecule has 0 aliphatic carbocycles. The zero-order chi connectivity index (χ0) is 17.3. The number of hydrogen-bond acceptors (Lipinski definition) is 4. The molecule has 1 aliphatic heterocycles. The van der Waals surface area contributed by atoms with Crippen LogP contribution in [0.15, 0.2) is 54.1 Å². The minimum Gasteiger partial charge on any atom is -0.422 e. The number of hydrogen-bond donors (Lipinski definition) is 0. The second-order valence-corrected chi connectivity index (χ2v) is 5.63. The SMILES string of the molecule is Cc1ccc(C2=C/C(=C\c3ccccc3[N+](=O)[O-])C(=O)O2)c(C)c1. The number of para-hydroxylation sites is 1. The highest BCUT2D eigenvalue weighted by atomic mass is 16.6. The first-order valence-corrected chi connectivity index (χ1v) is 7.42. The standard InChI is InChI=1S/C19H15NO4/c1-12-7-8-16(13(2)9-12)18-11-15(19(21)24-18)10-14-5-3-4-6-17(14)20(22)23/h3-11H,1-2H3/b15-10+. The van der Waals surface area contributed by atoms with Crippen LogP contribution in [0.4, 0.5) is 5.69 Å². The summed E-state index contributed by atoms with van der Waals surface area (Å²) in [5, 5.41) is 11.1. The fourth-order valence-corrected chi connectivity index (χ4v) is 2.66. The Morgan fingerprint density at radius 3 is 2.58 bits per heavy atom. The Balaban J connectivity index is 2.02. The summed E-state index contributed by atoms with van der Waals surface area (Å²) < 4.78 is 5.34. The van der Waals surface area contributed by atoms with E-state index in [1.165, 1.54) is 12.1 Å². The fraction of sp³-hybridized carbons (Fsp3) is 0.105. The highest BCUT2D eigenvalue weighted by Crippen LogP contribution is 2.31. The molecule has 0 fully saturated rings. The molecule has 0 bridgehead atoms. The van der Waals surface area contributed by atoms with E-state index >= 15 is 0 Å². The van der Waals surface area contributed by atoms with Crippen molar-refractivity contribution in [2.45, 2.75) is 13.8 Å². The van der Waals surface area contributed by atoms with Crippen molar-refractivity contribution in [2.24, 2.45) is 0 Å². The number of esters is 1. The smallest absolute Gasteiger partial charge is 0.343 e. The first kappa shape index (κ1) is 15.7. The monoisotopic (exact) mass is 321 g/mol. The summed E-state index contributed by atoms with van der Waals surface area (Å²) in [7, 11) is 0. The molecule has 2 aromatic rings. The van der Waals surface area contributed by atoms with Crippen LogP contribution in [0.5, 0.6) is 0 Å². The lowest BCUT2D eigenvalue weighted by atomic mass is 10.0. The van der Waals surface area contributed by atoms with Crippen molar-refractivity contribution in [2.75, 3.05) is 0 Å². The van der Waals surface area contributed by atoms with Crippen molar-refractivity contribution in [3.8, 4) is 0 Å². The molecule has 0 unspecified atom stereocenters. The van der Waals surface area contributed by atoms with E-state index in [-0.39, 0.29) is 5.69 Å². The van der Waals surface area contributed by atoms with Crippen LogP contribution in [0, 0.1) is 24.0 Å². The third kappa shape index (κ3) is 2.96. The number of cyclic esters (lactones) is 1. The molecule has 0 aromatic heterocycles. The third-order valence-electron chi connectivity index (χ3n) is 3.82. The molecule has 1 heterocycles. The maximum atomic E-state index is 12.1. The van der Waals surface area contributed by atoms with Gasteiger partial charge in [0.2, 0.25) is 0 Å². The molecule has 0 spiro atoms. The van der Waals surface area contributed by atoms with Crippen LogP contribution in [0.3, 0.4) is 0 Å². The van der Waals surface area contributed by atoms with Gasteiger partial charge < -0.3 is 4.74 Å². The first-order chi connectivity index (χ1) is 11.5. The van der Waals surface area contributed by atoms with Crippen LogP contribution < -0.4 is 0 Å². The summed E-state index contributed by atoms with van der Waals surface area (Å²) in [6.45, 7) is 3.94. The van der Waals surface area contributed by atoms with Gasteiger partial charge in [-0.1, -0.05) is 35.9 Å². The van der Waals surface area contributed by atoms with Gasteiger partial charge >= 0.3 is 5.97 Å². The van der Waals surface area contributed by atoms with Gasteiger partial charge in [-0.15, -0.1) is 0 Å². The van der Waals surface area contributed by atoms with Gasteiger partial charge in [0.1, 0.15) is 5.76 Å². The number of carbonyl (C=O) groups excluding carboxylic acids is 1. The fourth-order valence-electron chi connectivity index (χ4n) is 2.66. The summed E-state index contributed by atoms with van der Waals surface area (Å²) >= 11 is 0. The molecule has 1 aliphatic rings. The molecule has 0 radical (unpaired) electrons. The largest absolute Gasteiger partial charge is 0.422 e.